The zero-order valence-electron chi connectivity index (χ0n) is 14.4. The van der Waals surface area contributed by atoms with Gasteiger partial charge in [-0.1, -0.05) is 17.7 Å². The lowest BCUT2D eigenvalue weighted by Crippen LogP contribution is -2.38. The fourth-order valence-electron chi connectivity index (χ4n) is 3.29. The van der Waals surface area contributed by atoms with E-state index in [2.05, 4.69) is 17.1 Å². The van der Waals surface area contributed by atoms with Crippen LogP contribution in [0.4, 0.5) is 17.1 Å². The monoisotopic (exact) mass is 373 g/mol. The van der Waals surface area contributed by atoms with E-state index in [0.29, 0.717) is 16.3 Å². The lowest BCUT2D eigenvalue weighted by Gasteiger charge is -2.36. The van der Waals surface area contributed by atoms with Crippen molar-refractivity contribution < 1.29 is 9.72 Å². The maximum atomic E-state index is 12.9. The Bertz CT molecular complexity index is 841. The Morgan fingerprint density at radius 1 is 1.27 bits per heavy atom. The van der Waals surface area contributed by atoms with Crippen LogP contribution in [-0.2, 0) is 0 Å². The minimum Gasteiger partial charge on any atom is -0.368 e. The van der Waals surface area contributed by atoms with Crippen LogP contribution < -0.4 is 10.2 Å². The van der Waals surface area contributed by atoms with Crippen molar-refractivity contribution in [1.29, 1.82) is 0 Å². The highest BCUT2D eigenvalue weighted by Crippen LogP contribution is 2.31. The molecule has 1 aliphatic heterocycles. The molecule has 0 bridgehead atoms. The van der Waals surface area contributed by atoms with E-state index < -0.39 is 4.92 Å². The van der Waals surface area contributed by atoms with Crippen LogP contribution in [0.15, 0.2) is 42.5 Å². The van der Waals surface area contributed by atoms with Gasteiger partial charge in [0.25, 0.3) is 11.6 Å². The van der Waals surface area contributed by atoms with Gasteiger partial charge in [0.05, 0.1) is 16.2 Å². The molecule has 136 valence electrons. The van der Waals surface area contributed by atoms with Crippen molar-refractivity contribution in [2.75, 3.05) is 16.8 Å². The second-order valence-corrected chi connectivity index (χ2v) is 6.90. The Morgan fingerprint density at radius 3 is 2.77 bits per heavy atom. The number of amides is 1. The largest absolute Gasteiger partial charge is 0.368 e. The minimum atomic E-state index is -0.487. The first-order valence-corrected chi connectivity index (χ1v) is 8.95. The quantitative estimate of drug-likeness (QED) is 0.612. The molecule has 0 saturated carbocycles. The van der Waals surface area contributed by atoms with Crippen LogP contribution in [0.3, 0.4) is 0 Å². The number of piperidine rings is 1. The topological polar surface area (TPSA) is 75.5 Å². The van der Waals surface area contributed by atoms with Gasteiger partial charge in [0.15, 0.2) is 0 Å². The average molecular weight is 374 g/mol. The van der Waals surface area contributed by atoms with Gasteiger partial charge >= 0.3 is 0 Å². The van der Waals surface area contributed by atoms with Gasteiger partial charge in [0.2, 0.25) is 0 Å². The Hall–Kier alpha value is -2.60. The highest BCUT2D eigenvalue weighted by Gasteiger charge is 2.25. The summed E-state index contributed by atoms with van der Waals surface area (Å²) in [6.07, 6.45) is 3.22. The van der Waals surface area contributed by atoms with Crippen LogP contribution >= 0.6 is 11.6 Å². The first-order valence-electron chi connectivity index (χ1n) is 8.57. The number of hydrogen-bond donors (Lipinski definition) is 1. The molecule has 1 amide bonds. The Morgan fingerprint density at radius 2 is 2.08 bits per heavy atom. The summed E-state index contributed by atoms with van der Waals surface area (Å²) in [6.45, 7) is 2.94. The van der Waals surface area contributed by atoms with Gasteiger partial charge in [-0.3, -0.25) is 14.9 Å². The third kappa shape index (κ3) is 3.96. The molecule has 1 N–H and O–H groups in total. The van der Waals surface area contributed by atoms with E-state index in [0.717, 1.165) is 31.5 Å². The minimum absolute atomic E-state index is 0.102. The lowest BCUT2D eigenvalue weighted by atomic mass is 10.0. The number of benzene rings is 2. The van der Waals surface area contributed by atoms with E-state index in [1.54, 1.807) is 30.3 Å². The number of hydrogen-bond acceptors (Lipinski definition) is 4. The molecule has 1 fully saturated rings. The first-order chi connectivity index (χ1) is 12.5. The molecular formula is C19H20ClN3O3. The molecule has 1 unspecified atom stereocenters. The van der Waals surface area contributed by atoms with E-state index in [1.807, 2.05) is 0 Å². The molecule has 0 spiro atoms. The molecule has 1 aliphatic rings. The number of non-ortho nitro benzene ring substituents is 1. The highest BCUT2D eigenvalue weighted by atomic mass is 35.5. The molecule has 0 aromatic heterocycles. The molecule has 0 radical (unpaired) electrons. The predicted octanol–water partition coefficient (Wildman–Crippen LogP) is 4.88. The summed E-state index contributed by atoms with van der Waals surface area (Å²) in [5.74, 6) is -0.385. The molecule has 6 nitrogen and oxygen atoms in total. The third-order valence-corrected chi connectivity index (χ3v) is 4.87. The normalized spacial score (nSPS) is 17.0. The zero-order valence-corrected chi connectivity index (χ0v) is 15.2. The van der Waals surface area contributed by atoms with E-state index in [1.165, 1.54) is 12.1 Å². The van der Waals surface area contributed by atoms with Crippen molar-refractivity contribution in [2.45, 2.75) is 32.2 Å². The van der Waals surface area contributed by atoms with Crippen molar-refractivity contribution in [3.05, 3.63) is 63.2 Å². The molecule has 2 aromatic carbocycles. The number of rotatable bonds is 4. The summed E-state index contributed by atoms with van der Waals surface area (Å²) >= 11 is 5.96. The van der Waals surface area contributed by atoms with Gasteiger partial charge in [-0.25, -0.2) is 0 Å². The zero-order chi connectivity index (χ0) is 18.7. The smallest absolute Gasteiger partial charge is 0.270 e. The van der Waals surface area contributed by atoms with Crippen molar-refractivity contribution >= 4 is 34.6 Å². The van der Waals surface area contributed by atoms with Crippen LogP contribution in [0.1, 0.15) is 36.5 Å². The number of carbonyl (C=O) groups is 1. The fourth-order valence-corrected chi connectivity index (χ4v) is 3.48. The van der Waals surface area contributed by atoms with Gasteiger partial charge in [-0.2, -0.15) is 0 Å². The van der Waals surface area contributed by atoms with Crippen molar-refractivity contribution in [3.8, 4) is 0 Å². The van der Waals surface area contributed by atoms with Crippen molar-refractivity contribution in [1.82, 2.24) is 0 Å². The number of nitrogens with zero attached hydrogens (tertiary/aromatic N) is 2. The predicted molar refractivity (Wildman–Crippen MR) is 103 cm³/mol. The summed E-state index contributed by atoms with van der Waals surface area (Å²) in [5.41, 5.74) is 1.47. The Kier molecular flexibility index (Phi) is 5.42. The molecule has 7 heteroatoms. The van der Waals surface area contributed by atoms with Gasteiger partial charge in [0.1, 0.15) is 0 Å². The number of nitro groups is 1. The van der Waals surface area contributed by atoms with Crippen LogP contribution in [0.25, 0.3) is 0 Å². The molecular weight excluding hydrogens is 354 g/mol. The van der Waals surface area contributed by atoms with Gasteiger partial charge in [-0.15, -0.1) is 0 Å². The summed E-state index contributed by atoms with van der Waals surface area (Å²) in [5, 5.41) is 14.5. The van der Waals surface area contributed by atoms with E-state index >= 15 is 0 Å². The summed E-state index contributed by atoms with van der Waals surface area (Å²) in [7, 11) is 0. The number of nitro benzene ring substituents is 1. The van der Waals surface area contributed by atoms with Crippen molar-refractivity contribution in [3.63, 3.8) is 0 Å². The molecule has 1 heterocycles. The van der Waals surface area contributed by atoms with Crippen LogP contribution in [0.5, 0.6) is 0 Å². The Balaban J connectivity index is 1.97. The molecule has 2 aromatic rings. The molecule has 3 rings (SSSR count). The maximum Gasteiger partial charge on any atom is 0.270 e. The number of anilines is 2. The summed E-state index contributed by atoms with van der Waals surface area (Å²) in [6, 6.07) is 11.6. The van der Waals surface area contributed by atoms with E-state index in [9.17, 15) is 14.9 Å². The Labute approximate surface area is 156 Å². The lowest BCUT2D eigenvalue weighted by molar-refractivity contribution is -0.384. The maximum absolute atomic E-state index is 12.9. The average Bonchev–Trinajstić information content (AvgIpc) is 2.61. The van der Waals surface area contributed by atoms with Gasteiger partial charge < -0.3 is 10.2 Å². The molecule has 1 atom stereocenters. The molecule has 0 aliphatic carbocycles. The van der Waals surface area contributed by atoms with Gasteiger partial charge in [0, 0.05) is 35.4 Å². The SMILES string of the molecule is CC1CCCCN1c1ccc([N+](=O)[O-])cc1C(=O)Nc1cccc(Cl)c1. The molecule has 26 heavy (non-hydrogen) atoms. The standard InChI is InChI=1S/C19H20ClN3O3/c1-13-5-2-3-10-22(13)18-9-8-16(23(25)26)12-17(18)19(24)21-15-7-4-6-14(20)11-15/h4,6-9,11-13H,2-3,5,10H2,1H3,(H,21,24). The van der Waals surface area contributed by atoms with Crippen LogP contribution in [-0.4, -0.2) is 23.4 Å². The summed E-state index contributed by atoms with van der Waals surface area (Å²) in [4.78, 5) is 25.7. The van der Waals surface area contributed by atoms with Crippen LogP contribution in [0, 0.1) is 10.1 Å². The summed E-state index contributed by atoms with van der Waals surface area (Å²) < 4.78 is 0. The third-order valence-electron chi connectivity index (χ3n) is 4.63. The first kappa shape index (κ1) is 18.2. The van der Waals surface area contributed by atoms with Gasteiger partial charge in [-0.05, 0) is 50.5 Å². The fraction of sp³-hybridized carbons (Fsp3) is 0.316. The second-order valence-electron chi connectivity index (χ2n) is 6.46. The van der Waals surface area contributed by atoms with Crippen molar-refractivity contribution in [2.24, 2.45) is 0 Å². The van der Waals surface area contributed by atoms with Crippen LogP contribution in [0.2, 0.25) is 5.02 Å². The van der Waals surface area contributed by atoms with E-state index in [4.69, 9.17) is 11.6 Å². The van der Waals surface area contributed by atoms with E-state index in [-0.39, 0.29) is 17.6 Å². The molecule has 1 saturated heterocycles. The highest BCUT2D eigenvalue weighted by molar-refractivity contribution is 6.31. The number of halogens is 1. The number of carbonyl (C=O) groups excluding carboxylic acids is 1. The second kappa shape index (κ2) is 7.74. The number of nitrogens with one attached hydrogen (secondary N) is 1.